The molecule has 0 aliphatic carbocycles. The first-order valence-electron chi connectivity index (χ1n) is 7.87. The van der Waals surface area contributed by atoms with E-state index in [1.54, 1.807) is 0 Å². The molecule has 112 valence electrons. The monoisotopic (exact) mass is 276 g/mol. The second-order valence-electron chi connectivity index (χ2n) is 5.99. The third kappa shape index (κ3) is 4.22. The maximum absolute atomic E-state index is 5.88. The summed E-state index contributed by atoms with van der Waals surface area (Å²) in [6.07, 6.45) is 2.31. The number of ether oxygens (including phenoxy) is 1. The predicted molar refractivity (Wildman–Crippen MR) is 83.8 cm³/mol. The van der Waals surface area contributed by atoms with Gasteiger partial charge in [0, 0.05) is 13.1 Å². The first kappa shape index (κ1) is 15.3. The van der Waals surface area contributed by atoms with Crippen LogP contribution in [0.1, 0.15) is 32.3 Å². The van der Waals surface area contributed by atoms with Crippen LogP contribution >= 0.6 is 0 Å². The third-order valence-electron chi connectivity index (χ3n) is 4.28. The van der Waals surface area contributed by atoms with Crippen LogP contribution in [-0.2, 0) is 6.54 Å². The number of likely N-dealkylation sites (tertiary alicyclic amines) is 1. The first-order valence-corrected chi connectivity index (χ1v) is 7.87. The lowest BCUT2D eigenvalue weighted by molar-refractivity contribution is 0.126. The van der Waals surface area contributed by atoms with E-state index in [-0.39, 0.29) is 0 Å². The number of piperidine rings is 1. The van der Waals surface area contributed by atoms with Crippen molar-refractivity contribution in [2.75, 3.05) is 26.2 Å². The topological polar surface area (TPSA) is 38.5 Å². The Morgan fingerprint density at radius 3 is 3.00 bits per heavy atom. The summed E-state index contributed by atoms with van der Waals surface area (Å²) in [6.45, 7) is 9.36. The summed E-state index contributed by atoms with van der Waals surface area (Å²) in [6, 6.07) is 8.49. The van der Waals surface area contributed by atoms with Gasteiger partial charge in [0.25, 0.3) is 0 Å². The van der Waals surface area contributed by atoms with E-state index in [1.807, 2.05) is 6.07 Å². The number of hydrogen-bond acceptors (Lipinski definition) is 3. The largest absolute Gasteiger partial charge is 0.494 e. The minimum absolute atomic E-state index is 0.642. The van der Waals surface area contributed by atoms with Crippen LogP contribution in [0.4, 0.5) is 0 Å². The zero-order chi connectivity index (χ0) is 14.4. The molecule has 0 saturated carbocycles. The summed E-state index contributed by atoms with van der Waals surface area (Å²) in [5.74, 6) is 2.39. The van der Waals surface area contributed by atoms with Gasteiger partial charge in [-0.15, -0.1) is 0 Å². The molecule has 1 heterocycles. The Morgan fingerprint density at radius 1 is 1.40 bits per heavy atom. The Bertz CT molecular complexity index is 408. The van der Waals surface area contributed by atoms with Crippen molar-refractivity contribution in [1.82, 2.24) is 4.90 Å². The lowest BCUT2D eigenvalue weighted by atomic mass is 9.87. The molecule has 1 aliphatic heterocycles. The Kier molecular flexibility index (Phi) is 5.86. The van der Waals surface area contributed by atoms with Gasteiger partial charge in [-0.1, -0.05) is 26.0 Å². The average molecular weight is 276 g/mol. The number of nitrogens with zero attached hydrogens (tertiary/aromatic N) is 1. The molecule has 1 aromatic carbocycles. The van der Waals surface area contributed by atoms with Gasteiger partial charge in [-0.25, -0.2) is 0 Å². The molecule has 2 rings (SSSR count). The van der Waals surface area contributed by atoms with E-state index in [1.165, 1.54) is 18.5 Å². The minimum Gasteiger partial charge on any atom is -0.494 e. The summed E-state index contributed by atoms with van der Waals surface area (Å²) in [5, 5.41) is 0. The first-order chi connectivity index (χ1) is 9.72. The number of nitrogens with two attached hydrogens (primary N) is 1. The van der Waals surface area contributed by atoms with Crippen LogP contribution in [0.5, 0.6) is 5.75 Å². The fraction of sp³-hybridized carbons (Fsp3) is 0.647. The van der Waals surface area contributed by atoms with Gasteiger partial charge in [0.2, 0.25) is 0 Å². The van der Waals surface area contributed by atoms with E-state index in [2.05, 4.69) is 36.9 Å². The van der Waals surface area contributed by atoms with Gasteiger partial charge in [0.15, 0.2) is 0 Å². The van der Waals surface area contributed by atoms with E-state index < -0.39 is 0 Å². The van der Waals surface area contributed by atoms with Crippen LogP contribution in [-0.4, -0.2) is 31.1 Å². The van der Waals surface area contributed by atoms with Gasteiger partial charge >= 0.3 is 0 Å². The molecule has 1 fully saturated rings. The van der Waals surface area contributed by atoms with Crippen molar-refractivity contribution in [3.8, 4) is 5.75 Å². The zero-order valence-corrected chi connectivity index (χ0v) is 12.8. The third-order valence-corrected chi connectivity index (χ3v) is 4.28. The lowest BCUT2D eigenvalue weighted by Gasteiger charge is -2.36. The van der Waals surface area contributed by atoms with Crippen LogP contribution in [0.2, 0.25) is 0 Å². The standard InChI is InChI=1S/C17H28N2O/c1-3-9-20-17-6-4-5-15(10-17)12-19-8-7-14(2)16(11-18)13-19/h4-6,10,14,16H,3,7-9,11-13,18H2,1-2H3. The summed E-state index contributed by atoms with van der Waals surface area (Å²) in [7, 11) is 0. The van der Waals surface area contributed by atoms with Crippen LogP contribution in [0.15, 0.2) is 24.3 Å². The second kappa shape index (κ2) is 7.65. The fourth-order valence-corrected chi connectivity index (χ4v) is 2.89. The van der Waals surface area contributed by atoms with E-state index in [9.17, 15) is 0 Å². The van der Waals surface area contributed by atoms with Crippen molar-refractivity contribution in [2.24, 2.45) is 17.6 Å². The van der Waals surface area contributed by atoms with E-state index >= 15 is 0 Å². The SMILES string of the molecule is CCCOc1cccc(CN2CCC(C)C(CN)C2)c1. The molecule has 1 aliphatic rings. The van der Waals surface area contributed by atoms with Crippen LogP contribution < -0.4 is 10.5 Å². The minimum atomic E-state index is 0.642. The molecule has 0 aromatic heterocycles. The summed E-state index contributed by atoms with van der Waals surface area (Å²) in [4.78, 5) is 2.52. The molecule has 3 heteroatoms. The second-order valence-corrected chi connectivity index (χ2v) is 5.99. The Hall–Kier alpha value is -1.06. The molecule has 2 atom stereocenters. The van der Waals surface area contributed by atoms with Crippen LogP contribution in [0, 0.1) is 11.8 Å². The van der Waals surface area contributed by atoms with Crippen molar-refractivity contribution in [3.05, 3.63) is 29.8 Å². The molecule has 0 radical (unpaired) electrons. The van der Waals surface area contributed by atoms with Crippen molar-refractivity contribution in [3.63, 3.8) is 0 Å². The van der Waals surface area contributed by atoms with Crippen molar-refractivity contribution in [2.45, 2.75) is 33.2 Å². The van der Waals surface area contributed by atoms with E-state index in [4.69, 9.17) is 10.5 Å². The summed E-state index contributed by atoms with van der Waals surface area (Å²) < 4.78 is 5.71. The Balaban J connectivity index is 1.92. The smallest absolute Gasteiger partial charge is 0.119 e. The molecular formula is C17H28N2O. The van der Waals surface area contributed by atoms with Gasteiger partial charge in [-0.2, -0.15) is 0 Å². The molecule has 2 N–H and O–H groups in total. The molecule has 0 spiro atoms. The zero-order valence-electron chi connectivity index (χ0n) is 12.8. The maximum atomic E-state index is 5.88. The number of benzene rings is 1. The molecule has 1 aromatic rings. The van der Waals surface area contributed by atoms with Gasteiger partial charge in [0.1, 0.15) is 5.75 Å². The molecule has 2 unspecified atom stereocenters. The fourth-order valence-electron chi connectivity index (χ4n) is 2.89. The molecule has 0 amide bonds. The van der Waals surface area contributed by atoms with Crippen LogP contribution in [0.3, 0.4) is 0 Å². The quantitative estimate of drug-likeness (QED) is 0.868. The van der Waals surface area contributed by atoms with E-state index in [0.29, 0.717) is 5.92 Å². The summed E-state index contributed by atoms with van der Waals surface area (Å²) >= 11 is 0. The predicted octanol–water partition coefficient (Wildman–Crippen LogP) is 2.89. The molecule has 0 bridgehead atoms. The van der Waals surface area contributed by atoms with Gasteiger partial charge in [0.05, 0.1) is 6.61 Å². The number of hydrogen-bond donors (Lipinski definition) is 1. The highest BCUT2D eigenvalue weighted by Crippen LogP contribution is 2.24. The molecule has 20 heavy (non-hydrogen) atoms. The molecular weight excluding hydrogens is 248 g/mol. The average Bonchev–Trinajstić information content (AvgIpc) is 2.47. The highest BCUT2D eigenvalue weighted by atomic mass is 16.5. The highest BCUT2D eigenvalue weighted by Gasteiger charge is 2.24. The molecule has 1 saturated heterocycles. The maximum Gasteiger partial charge on any atom is 0.119 e. The lowest BCUT2D eigenvalue weighted by Crippen LogP contribution is -2.42. The van der Waals surface area contributed by atoms with E-state index in [0.717, 1.165) is 44.3 Å². The Morgan fingerprint density at radius 2 is 2.25 bits per heavy atom. The number of rotatable bonds is 6. The van der Waals surface area contributed by atoms with Gasteiger partial charge in [-0.3, -0.25) is 4.90 Å². The van der Waals surface area contributed by atoms with Crippen molar-refractivity contribution >= 4 is 0 Å². The van der Waals surface area contributed by atoms with Gasteiger partial charge in [-0.05, 0) is 55.5 Å². The van der Waals surface area contributed by atoms with Crippen molar-refractivity contribution in [1.29, 1.82) is 0 Å². The molecule has 3 nitrogen and oxygen atoms in total. The van der Waals surface area contributed by atoms with Crippen molar-refractivity contribution < 1.29 is 4.74 Å². The van der Waals surface area contributed by atoms with Gasteiger partial charge < -0.3 is 10.5 Å². The van der Waals surface area contributed by atoms with Crippen LogP contribution in [0.25, 0.3) is 0 Å². The Labute approximate surface area is 123 Å². The summed E-state index contributed by atoms with van der Waals surface area (Å²) in [5.41, 5.74) is 7.22. The highest BCUT2D eigenvalue weighted by molar-refractivity contribution is 5.28. The normalized spacial score (nSPS) is 23.8.